The molecular formula is C49H52N4O5. The van der Waals surface area contributed by atoms with Gasteiger partial charge in [-0.15, -0.1) is 0 Å². The van der Waals surface area contributed by atoms with Crippen molar-refractivity contribution in [3.05, 3.63) is 167 Å². The number of nitrogens with zero attached hydrogens (tertiary/aromatic N) is 1. The molecule has 9 heteroatoms. The summed E-state index contributed by atoms with van der Waals surface area (Å²) in [4.78, 5) is 27.4. The number of likely N-dealkylation sites (N-methyl/N-ethyl adjacent to an activating group) is 1. The summed E-state index contributed by atoms with van der Waals surface area (Å²) in [6, 6.07) is 46.8. The Morgan fingerprint density at radius 3 is 2.28 bits per heavy atom. The maximum Gasteiger partial charge on any atom is 0.224 e. The van der Waals surface area contributed by atoms with Crippen LogP contribution in [0.2, 0.25) is 0 Å². The van der Waals surface area contributed by atoms with Crippen molar-refractivity contribution in [2.24, 2.45) is 0 Å². The van der Waals surface area contributed by atoms with Gasteiger partial charge in [0.2, 0.25) is 11.8 Å². The van der Waals surface area contributed by atoms with Crippen LogP contribution in [0.1, 0.15) is 78.9 Å². The van der Waals surface area contributed by atoms with Crippen LogP contribution >= 0.6 is 0 Å². The second kappa shape index (κ2) is 19.1. The van der Waals surface area contributed by atoms with E-state index in [0.29, 0.717) is 37.3 Å². The first kappa shape index (κ1) is 40.4. The van der Waals surface area contributed by atoms with E-state index in [4.69, 9.17) is 15.2 Å². The summed E-state index contributed by atoms with van der Waals surface area (Å²) in [6.07, 6.45) is 0.675. The van der Waals surface area contributed by atoms with Crippen LogP contribution in [-0.4, -0.2) is 41.5 Å². The number of carbonyl (C=O) groups is 2. The molecule has 9 nitrogen and oxygen atoms in total. The number of amides is 2. The van der Waals surface area contributed by atoms with Crippen LogP contribution in [0.25, 0.3) is 21.9 Å². The number of aliphatic hydroxyl groups is 1. The van der Waals surface area contributed by atoms with Gasteiger partial charge in [-0.25, -0.2) is 0 Å². The Bertz CT molecular complexity index is 2330. The molecule has 1 aliphatic rings. The summed E-state index contributed by atoms with van der Waals surface area (Å²) in [7, 11) is 2.15. The monoisotopic (exact) mass is 776 g/mol. The van der Waals surface area contributed by atoms with Crippen LogP contribution in [0.4, 0.5) is 11.4 Å². The number of rotatable bonds is 15. The Kier molecular flexibility index (Phi) is 13.3. The van der Waals surface area contributed by atoms with Gasteiger partial charge < -0.3 is 30.9 Å². The number of aliphatic hydroxyl groups excluding tert-OH is 1. The topological polar surface area (TPSA) is 126 Å². The van der Waals surface area contributed by atoms with Crippen molar-refractivity contribution in [2.75, 3.05) is 24.6 Å². The van der Waals surface area contributed by atoms with Crippen molar-refractivity contribution < 1.29 is 24.2 Å². The molecule has 0 aliphatic carbocycles. The minimum atomic E-state index is -0.597. The second-order valence-corrected chi connectivity index (χ2v) is 15.2. The van der Waals surface area contributed by atoms with Crippen LogP contribution in [0.5, 0.6) is 0 Å². The molecule has 1 heterocycles. The lowest BCUT2D eigenvalue weighted by molar-refractivity contribution is -0.253. The molecule has 7 rings (SSSR count). The number of nitrogen functional groups attached to an aromatic ring is 1. The maximum absolute atomic E-state index is 12.7. The number of benzene rings is 6. The Balaban J connectivity index is 1.00. The largest absolute Gasteiger partial charge is 0.397 e. The zero-order chi connectivity index (χ0) is 40.4. The van der Waals surface area contributed by atoms with Gasteiger partial charge in [-0.1, -0.05) is 109 Å². The van der Waals surface area contributed by atoms with Gasteiger partial charge in [-0.05, 0) is 94.9 Å². The fraction of sp³-hybridized carbons (Fsp3) is 0.265. The lowest BCUT2D eigenvalue weighted by Crippen LogP contribution is -2.38. The van der Waals surface area contributed by atoms with E-state index in [9.17, 15) is 14.7 Å². The van der Waals surface area contributed by atoms with E-state index in [-0.39, 0.29) is 49.5 Å². The average molecular weight is 777 g/mol. The predicted octanol–water partition coefficient (Wildman–Crippen LogP) is 9.24. The van der Waals surface area contributed by atoms with Crippen molar-refractivity contribution >= 4 is 34.0 Å². The number of ether oxygens (including phenoxy) is 2. The molecule has 0 aromatic heterocycles. The highest BCUT2D eigenvalue weighted by Gasteiger charge is 2.33. The minimum absolute atomic E-state index is 0.00973. The van der Waals surface area contributed by atoms with Crippen LogP contribution < -0.4 is 16.4 Å². The van der Waals surface area contributed by atoms with E-state index in [1.54, 1.807) is 12.1 Å². The molecule has 0 unspecified atom stereocenters. The third-order valence-corrected chi connectivity index (χ3v) is 11.0. The van der Waals surface area contributed by atoms with Crippen molar-refractivity contribution in [1.82, 2.24) is 10.2 Å². The summed E-state index contributed by atoms with van der Waals surface area (Å²) in [6.45, 7) is 3.31. The standard InChI is InChI=1S/C49H52N4O5/c1-33(38-25-24-36-11-3-4-12-40(36)27-38)53(2)31-43-29-46(37-22-20-34(32-54)21-23-37)58-49(57-43)42-15-8-14-41(28-42)39-13-7-10-35(26-39)30-51-47(55)18-9-19-48(56)52-45-17-6-5-16-44(45)50/h3-8,10-17,20-28,33,43,46,49,54H,9,18-19,29-32,50H2,1-2H3,(H,51,55)(H,52,56)/t33-,43+,46-,49-/m1/s1. The molecular weight excluding hydrogens is 725 g/mol. The SMILES string of the molecule is C[C@H](c1ccc2ccccc2c1)N(C)C[C@@H]1C[C@H](c2ccc(CO)cc2)O[C@H](c2cccc(-c3cccc(CNC(=O)CCCC(=O)Nc4ccccc4N)c3)c2)O1. The molecule has 4 atom stereocenters. The van der Waals surface area contributed by atoms with Crippen molar-refractivity contribution in [1.29, 1.82) is 0 Å². The molecule has 58 heavy (non-hydrogen) atoms. The predicted molar refractivity (Wildman–Crippen MR) is 230 cm³/mol. The molecule has 1 fully saturated rings. The quantitative estimate of drug-likeness (QED) is 0.0767. The molecule has 2 amide bonds. The van der Waals surface area contributed by atoms with Gasteiger partial charge in [0.25, 0.3) is 0 Å². The molecule has 6 aromatic rings. The summed E-state index contributed by atoms with van der Waals surface area (Å²) in [5.41, 5.74) is 14.1. The summed E-state index contributed by atoms with van der Waals surface area (Å²) in [5, 5.41) is 17.9. The van der Waals surface area contributed by atoms with E-state index < -0.39 is 6.29 Å². The van der Waals surface area contributed by atoms with Crippen LogP contribution in [0, 0.1) is 0 Å². The van der Waals surface area contributed by atoms with E-state index >= 15 is 0 Å². The van der Waals surface area contributed by atoms with E-state index in [1.165, 1.54) is 16.3 Å². The van der Waals surface area contributed by atoms with E-state index in [1.807, 2.05) is 60.7 Å². The number of nitrogens with one attached hydrogen (secondary N) is 2. The lowest BCUT2D eigenvalue weighted by Gasteiger charge is -2.39. The normalized spacial score (nSPS) is 17.2. The number of para-hydroxylation sites is 2. The number of nitrogens with two attached hydrogens (primary N) is 1. The molecule has 0 saturated carbocycles. The summed E-state index contributed by atoms with van der Waals surface area (Å²) >= 11 is 0. The van der Waals surface area contributed by atoms with Gasteiger partial charge in [0.15, 0.2) is 6.29 Å². The zero-order valence-corrected chi connectivity index (χ0v) is 33.1. The number of carbonyl (C=O) groups excluding carboxylic acids is 2. The number of hydrogen-bond acceptors (Lipinski definition) is 7. The average Bonchev–Trinajstić information content (AvgIpc) is 3.26. The van der Waals surface area contributed by atoms with Crippen molar-refractivity contribution in [2.45, 2.75) is 70.3 Å². The molecule has 5 N–H and O–H groups in total. The molecule has 6 aromatic carbocycles. The molecule has 0 radical (unpaired) electrons. The first-order chi connectivity index (χ1) is 28.2. The van der Waals surface area contributed by atoms with E-state index in [2.05, 4.69) is 96.2 Å². The Morgan fingerprint density at radius 2 is 1.48 bits per heavy atom. The van der Waals surface area contributed by atoms with Crippen molar-refractivity contribution in [3.8, 4) is 11.1 Å². The molecule has 0 bridgehead atoms. The summed E-state index contributed by atoms with van der Waals surface area (Å²) in [5.74, 6) is -0.287. The maximum atomic E-state index is 12.7. The molecule has 1 aliphatic heterocycles. The van der Waals surface area contributed by atoms with Gasteiger partial charge >= 0.3 is 0 Å². The fourth-order valence-corrected chi connectivity index (χ4v) is 7.48. The molecule has 298 valence electrons. The third-order valence-electron chi connectivity index (χ3n) is 11.0. The fourth-order valence-electron chi connectivity index (χ4n) is 7.48. The van der Waals surface area contributed by atoms with Gasteiger partial charge in [0, 0.05) is 44.0 Å². The van der Waals surface area contributed by atoms with E-state index in [0.717, 1.165) is 33.4 Å². The van der Waals surface area contributed by atoms with Crippen molar-refractivity contribution in [3.63, 3.8) is 0 Å². The van der Waals surface area contributed by atoms with Crippen LogP contribution in [-0.2, 0) is 32.2 Å². The molecule has 1 saturated heterocycles. The smallest absolute Gasteiger partial charge is 0.224 e. The van der Waals surface area contributed by atoms with Crippen LogP contribution in [0.15, 0.2) is 140 Å². The van der Waals surface area contributed by atoms with Gasteiger partial charge in [-0.3, -0.25) is 14.5 Å². The first-order valence-corrected chi connectivity index (χ1v) is 20.0. The highest BCUT2D eigenvalue weighted by atomic mass is 16.7. The second-order valence-electron chi connectivity index (χ2n) is 15.2. The number of fused-ring (bicyclic) bond motifs is 1. The summed E-state index contributed by atoms with van der Waals surface area (Å²) < 4.78 is 13.5. The Hall–Kier alpha value is -5.84. The first-order valence-electron chi connectivity index (χ1n) is 20.0. The Labute approximate surface area is 340 Å². The van der Waals surface area contributed by atoms with Crippen LogP contribution in [0.3, 0.4) is 0 Å². The highest BCUT2D eigenvalue weighted by molar-refractivity contribution is 5.94. The minimum Gasteiger partial charge on any atom is -0.397 e. The lowest BCUT2D eigenvalue weighted by atomic mass is 9.97. The van der Waals surface area contributed by atoms with Gasteiger partial charge in [-0.2, -0.15) is 0 Å². The number of anilines is 2. The van der Waals surface area contributed by atoms with Gasteiger partial charge in [0.1, 0.15) is 0 Å². The zero-order valence-electron chi connectivity index (χ0n) is 33.1. The Morgan fingerprint density at radius 1 is 0.759 bits per heavy atom. The third kappa shape index (κ3) is 10.4. The number of hydrogen-bond donors (Lipinski definition) is 4. The molecule has 0 spiro atoms. The highest BCUT2D eigenvalue weighted by Crippen LogP contribution is 2.39. The van der Waals surface area contributed by atoms with Gasteiger partial charge in [0.05, 0.1) is 30.2 Å².